The average Bonchev–Trinajstić information content (AvgIpc) is 3.02. The van der Waals surface area contributed by atoms with Crippen molar-refractivity contribution in [2.45, 2.75) is 26.2 Å². The number of ether oxygens (including phenoxy) is 1. The van der Waals surface area contributed by atoms with Crippen LogP contribution in [0.2, 0.25) is 0 Å². The van der Waals surface area contributed by atoms with Crippen molar-refractivity contribution in [2.75, 3.05) is 32.8 Å². The van der Waals surface area contributed by atoms with E-state index in [1.54, 1.807) is 11.8 Å². The minimum absolute atomic E-state index is 0.0215. The second kappa shape index (κ2) is 6.33. The Balaban J connectivity index is 1.53. The number of carbonyl (C=O) groups excluding carboxylic acids is 2. The van der Waals surface area contributed by atoms with Gasteiger partial charge in [0.1, 0.15) is 0 Å². The summed E-state index contributed by atoms with van der Waals surface area (Å²) in [6.07, 6.45) is 1.98. The molecule has 0 bridgehead atoms. The third-order valence-corrected chi connectivity index (χ3v) is 4.34. The summed E-state index contributed by atoms with van der Waals surface area (Å²) in [7, 11) is 0. The topological polar surface area (TPSA) is 91.4 Å². The number of nitrogens with zero attached hydrogens (tertiary/aromatic N) is 4. The first-order valence-corrected chi connectivity index (χ1v) is 7.78. The summed E-state index contributed by atoms with van der Waals surface area (Å²) in [5.74, 6) is 0.143. The fraction of sp³-hybridized carbons (Fsp3) is 0.714. The molecule has 1 aliphatic heterocycles. The number of aromatic nitrogens is 3. The number of H-pyrrole nitrogens is 1. The van der Waals surface area contributed by atoms with Gasteiger partial charge < -0.3 is 14.5 Å². The van der Waals surface area contributed by atoms with E-state index in [0.29, 0.717) is 39.2 Å². The molecule has 1 aromatic rings. The summed E-state index contributed by atoms with van der Waals surface area (Å²) in [6, 6.07) is 0. The Kier molecular flexibility index (Phi) is 4.26. The van der Waals surface area contributed by atoms with Crippen LogP contribution < -0.4 is 0 Å². The molecule has 22 heavy (non-hydrogen) atoms. The summed E-state index contributed by atoms with van der Waals surface area (Å²) in [5.41, 5.74) is 1.89. The van der Waals surface area contributed by atoms with Crippen molar-refractivity contribution in [1.82, 2.24) is 25.2 Å². The lowest BCUT2D eigenvalue weighted by molar-refractivity contribution is -0.137. The maximum atomic E-state index is 12.6. The molecule has 1 atom stereocenters. The van der Waals surface area contributed by atoms with Crippen molar-refractivity contribution in [2.24, 2.45) is 5.92 Å². The minimum atomic E-state index is -0.292. The van der Waals surface area contributed by atoms with Crippen molar-refractivity contribution >= 4 is 12.0 Å². The molecule has 1 aromatic heterocycles. The van der Waals surface area contributed by atoms with Crippen molar-refractivity contribution in [3.63, 3.8) is 0 Å². The molecule has 120 valence electrons. The van der Waals surface area contributed by atoms with Crippen molar-refractivity contribution in [1.29, 1.82) is 0 Å². The molecule has 0 aromatic carbocycles. The van der Waals surface area contributed by atoms with Crippen LogP contribution >= 0.6 is 0 Å². The standard InChI is InChI=1S/C14H21N5O3/c1-2-22-14(21)19-7-5-18(6-8-19)13(20)10-3-4-11-12(9-10)16-17-15-11/h10H,2-9H2,1H3,(H,15,16,17). The van der Waals surface area contributed by atoms with Crippen LogP contribution in [0, 0.1) is 5.92 Å². The Morgan fingerprint density at radius 2 is 1.86 bits per heavy atom. The molecule has 1 N–H and O–H groups in total. The molecule has 1 saturated heterocycles. The summed E-state index contributed by atoms with van der Waals surface area (Å²) in [5, 5.41) is 10.8. The summed E-state index contributed by atoms with van der Waals surface area (Å²) < 4.78 is 4.99. The number of carbonyl (C=O) groups is 2. The molecule has 0 saturated carbocycles. The Hall–Kier alpha value is -2.12. The molecule has 3 rings (SSSR count). The highest BCUT2D eigenvalue weighted by atomic mass is 16.6. The zero-order chi connectivity index (χ0) is 15.5. The van der Waals surface area contributed by atoms with Gasteiger partial charge in [0.15, 0.2) is 0 Å². The Morgan fingerprint density at radius 3 is 2.59 bits per heavy atom. The number of amides is 2. The highest BCUT2D eigenvalue weighted by molar-refractivity contribution is 5.80. The molecular weight excluding hydrogens is 286 g/mol. The molecule has 2 amide bonds. The number of piperazine rings is 1. The molecule has 0 radical (unpaired) electrons. The van der Waals surface area contributed by atoms with Gasteiger partial charge in [-0.1, -0.05) is 0 Å². The normalized spacial score (nSPS) is 21.4. The van der Waals surface area contributed by atoms with Gasteiger partial charge in [-0.2, -0.15) is 15.4 Å². The van der Waals surface area contributed by atoms with E-state index in [4.69, 9.17) is 4.74 Å². The van der Waals surface area contributed by atoms with Crippen molar-refractivity contribution in [3.8, 4) is 0 Å². The lowest BCUT2D eigenvalue weighted by atomic mass is 9.88. The van der Waals surface area contributed by atoms with Crippen LogP contribution in [0.25, 0.3) is 0 Å². The Morgan fingerprint density at radius 1 is 1.18 bits per heavy atom. The van der Waals surface area contributed by atoms with Gasteiger partial charge in [-0.05, 0) is 19.8 Å². The molecule has 1 fully saturated rings. The lowest BCUT2D eigenvalue weighted by Gasteiger charge is -2.36. The number of hydrogen-bond acceptors (Lipinski definition) is 5. The monoisotopic (exact) mass is 307 g/mol. The van der Waals surface area contributed by atoms with Gasteiger partial charge in [-0.25, -0.2) is 4.79 Å². The number of aryl methyl sites for hydroxylation is 1. The first-order chi connectivity index (χ1) is 10.7. The molecule has 2 aliphatic rings. The van der Waals surface area contributed by atoms with Gasteiger partial charge in [0.05, 0.1) is 18.0 Å². The maximum Gasteiger partial charge on any atom is 0.409 e. The molecule has 1 aliphatic carbocycles. The third kappa shape index (κ3) is 2.90. The smallest absolute Gasteiger partial charge is 0.409 e. The molecular formula is C14H21N5O3. The van der Waals surface area contributed by atoms with Gasteiger partial charge >= 0.3 is 6.09 Å². The number of aromatic amines is 1. The molecule has 8 nitrogen and oxygen atoms in total. The van der Waals surface area contributed by atoms with Crippen LogP contribution in [0.4, 0.5) is 4.79 Å². The van der Waals surface area contributed by atoms with Crippen LogP contribution in [-0.4, -0.2) is 70.0 Å². The van der Waals surface area contributed by atoms with E-state index in [0.717, 1.165) is 24.2 Å². The zero-order valence-corrected chi connectivity index (χ0v) is 12.7. The molecule has 2 heterocycles. The summed E-state index contributed by atoms with van der Waals surface area (Å²) in [6.45, 7) is 4.37. The van der Waals surface area contributed by atoms with E-state index in [9.17, 15) is 9.59 Å². The van der Waals surface area contributed by atoms with Gasteiger partial charge in [0.25, 0.3) is 0 Å². The number of hydrogen-bond donors (Lipinski definition) is 1. The van der Waals surface area contributed by atoms with Crippen molar-refractivity contribution < 1.29 is 14.3 Å². The highest BCUT2D eigenvalue weighted by Gasteiger charge is 2.32. The van der Waals surface area contributed by atoms with Crippen LogP contribution in [-0.2, 0) is 22.4 Å². The molecule has 1 unspecified atom stereocenters. The van der Waals surface area contributed by atoms with Gasteiger partial charge in [0, 0.05) is 38.5 Å². The van der Waals surface area contributed by atoms with E-state index in [2.05, 4.69) is 15.4 Å². The number of rotatable bonds is 2. The lowest BCUT2D eigenvalue weighted by Crippen LogP contribution is -2.52. The van der Waals surface area contributed by atoms with Crippen LogP contribution in [0.15, 0.2) is 0 Å². The largest absolute Gasteiger partial charge is 0.450 e. The number of fused-ring (bicyclic) bond motifs is 1. The minimum Gasteiger partial charge on any atom is -0.450 e. The zero-order valence-electron chi connectivity index (χ0n) is 12.7. The van der Waals surface area contributed by atoms with Crippen LogP contribution in [0.3, 0.4) is 0 Å². The average molecular weight is 307 g/mol. The maximum absolute atomic E-state index is 12.6. The van der Waals surface area contributed by atoms with Crippen LogP contribution in [0.1, 0.15) is 24.7 Å². The molecule has 0 spiro atoms. The van der Waals surface area contributed by atoms with Gasteiger partial charge in [0.2, 0.25) is 5.91 Å². The quantitative estimate of drug-likeness (QED) is 0.843. The third-order valence-electron chi connectivity index (χ3n) is 4.34. The van der Waals surface area contributed by atoms with E-state index in [-0.39, 0.29) is 17.9 Å². The molecule has 8 heteroatoms. The first kappa shape index (κ1) is 14.8. The van der Waals surface area contributed by atoms with E-state index in [1.165, 1.54) is 0 Å². The van der Waals surface area contributed by atoms with E-state index < -0.39 is 0 Å². The SMILES string of the molecule is CCOC(=O)N1CCN(C(=O)C2CCc3n[nH]nc3C2)CC1. The van der Waals surface area contributed by atoms with E-state index in [1.807, 2.05) is 4.90 Å². The second-order valence-corrected chi connectivity index (χ2v) is 5.67. The second-order valence-electron chi connectivity index (χ2n) is 5.67. The van der Waals surface area contributed by atoms with Crippen LogP contribution in [0.5, 0.6) is 0 Å². The predicted octanol–water partition coefficient (Wildman–Crippen LogP) is 0.210. The summed E-state index contributed by atoms with van der Waals surface area (Å²) >= 11 is 0. The van der Waals surface area contributed by atoms with Gasteiger partial charge in [-0.3, -0.25) is 4.79 Å². The Labute approximate surface area is 128 Å². The fourth-order valence-electron chi connectivity index (χ4n) is 3.08. The Bertz CT molecular complexity index is 550. The summed E-state index contributed by atoms with van der Waals surface area (Å²) in [4.78, 5) is 27.8. The highest BCUT2D eigenvalue weighted by Crippen LogP contribution is 2.24. The number of nitrogens with one attached hydrogen (secondary N) is 1. The fourth-order valence-corrected chi connectivity index (χ4v) is 3.08. The van der Waals surface area contributed by atoms with Crippen molar-refractivity contribution in [3.05, 3.63) is 11.4 Å². The predicted molar refractivity (Wildman–Crippen MR) is 77.1 cm³/mol. The van der Waals surface area contributed by atoms with Gasteiger partial charge in [-0.15, -0.1) is 0 Å². The van der Waals surface area contributed by atoms with E-state index >= 15 is 0 Å². The first-order valence-electron chi connectivity index (χ1n) is 7.78.